The first-order chi connectivity index (χ1) is 13.1. The van der Waals surface area contributed by atoms with Crippen LogP contribution in [0.2, 0.25) is 0 Å². The van der Waals surface area contributed by atoms with Crippen LogP contribution < -0.4 is 10.1 Å². The van der Waals surface area contributed by atoms with Gasteiger partial charge in [-0.1, -0.05) is 18.2 Å². The molecule has 0 aliphatic heterocycles. The molecule has 0 aromatic heterocycles. The summed E-state index contributed by atoms with van der Waals surface area (Å²) in [5.41, 5.74) is 3.77. The molecule has 0 amide bonds. The zero-order valence-corrected chi connectivity index (χ0v) is 14.9. The maximum atomic E-state index is 10.8. The molecule has 0 fully saturated rings. The van der Waals surface area contributed by atoms with Crippen LogP contribution in [0, 0.1) is 0 Å². The Labute approximate surface area is 158 Å². The summed E-state index contributed by atoms with van der Waals surface area (Å²) in [6.07, 6.45) is 0.872. The van der Waals surface area contributed by atoms with E-state index in [0.29, 0.717) is 5.75 Å². The largest absolute Gasteiger partial charge is 0.479 e. The molecular weight excluding hydrogens is 340 g/mol. The van der Waals surface area contributed by atoms with Gasteiger partial charge in [0.2, 0.25) is 0 Å². The third-order valence-electron chi connectivity index (χ3n) is 3.83. The topological polar surface area (TPSA) is 70.9 Å². The molecule has 0 aliphatic carbocycles. The summed E-state index contributed by atoms with van der Waals surface area (Å²) in [4.78, 5) is 15.3. The van der Waals surface area contributed by atoms with E-state index in [-0.39, 0.29) is 0 Å². The number of para-hydroxylation sites is 1. The quantitative estimate of drug-likeness (QED) is 0.580. The summed E-state index contributed by atoms with van der Waals surface area (Å²) >= 11 is 0. The normalized spacial score (nSPS) is 11.9. The first-order valence-electron chi connectivity index (χ1n) is 8.56. The molecule has 5 heteroatoms. The molecule has 0 aliphatic rings. The highest BCUT2D eigenvalue weighted by molar-refractivity contribution is 5.82. The van der Waals surface area contributed by atoms with E-state index in [1.807, 2.05) is 66.7 Å². The van der Waals surface area contributed by atoms with Crippen LogP contribution in [0.25, 0.3) is 0 Å². The van der Waals surface area contributed by atoms with Crippen molar-refractivity contribution in [1.82, 2.24) is 0 Å². The van der Waals surface area contributed by atoms with E-state index >= 15 is 0 Å². The highest BCUT2D eigenvalue weighted by Crippen LogP contribution is 2.20. The van der Waals surface area contributed by atoms with E-state index in [9.17, 15) is 4.79 Å². The van der Waals surface area contributed by atoms with Crippen molar-refractivity contribution >= 4 is 29.2 Å². The third kappa shape index (κ3) is 5.44. The average molecular weight is 360 g/mol. The first-order valence-corrected chi connectivity index (χ1v) is 8.56. The summed E-state index contributed by atoms with van der Waals surface area (Å²) in [5.74, 6) is -0.482. The number of aliphatic carboxylic acids is 1. The van der Waals surface area contributed by atoms with Crippen LogP contribution in [0.4, 0.5) is 17.1 Å². The van der Waals surface area contributed by atoms with Gasteiger partial charge in [0.05, 0.1) is 5.69 Å². The lowest BCUT2D eigenvalue weighted by atomic mass is 10.2. The number of nitrogens with zero attached hydrogens (tertiary/aromatic N) is 1. The van der Waals surface area contributed by atoms with E-state index in [4.69, 9.17) is 9.84 Å². The Morgan fingerprint density at radius 2 is 1.59 bits per heavy atom. The molecule has 1 atom stereocenters. The molecule has 0 saturated carbocycles. The van der Waals surface area contributed by atoms with Crippen LogP contribution in [0.3, 0.4) is 0 Å². The first kappa shape index (κ1) is 18.2. The summed E-state index contributed by atoms with van der Waals surface area (Å²) in [6.45, 7) is 1.49. The van der Waals surface area contributed by atoms with Crippen LogP contribution >= 0.6 is 0 Å². The predicted molar refractivity (Wildman–Crippen MR) is 108 cm³/mol. The van der Waals surface area contributed by atoms with Crippen molar-refractivity contribution in [3.8, 4) is 5.75 Å². The summed E-state index contributed by atoms with van der Waals surface area (Å²) in [6, 6.07) is 24.9. The number of anilines is 2. The highest BCUT2D eigenvalue weighted by Gasteiger charge is 2.11. The fraction of sp³-hybridized carbons (Fsp3) is 0.0909. The number of rotatable bonds is 7. The van der Waals surface area contributed by atoms with Crippen molar-refractivity contribution in [3.63, 3.8) is 0 Å². The van der Waals surface area contributed by atoms with Gasteiger partial charge in [-0.15, -0.1) is 0 Å². The van der Waals surface area contributed by atoms with Gasteiger partial charge in [-0.05, 0) is 73.2 Å². The molecule has 136 valence electrons. The molecule has 0 heterocycles. The zero-order chi connectivity index (χ0) is 19.1. The smallest absolute Gasteiger partial charge is 0.344 e. The molecule has 5 nitrogen and oxygen atoms in total. The number of carbonyl (C=O) groups is 1. The molecule has 0 radical (unpaired) electrons. The van der Waals surface area contributed by atoms with Crippen molar-refractivity contribution in [3.05, 3.63) is 84.4 Å². The molecule has 0 unspecified atom stereocenters. The predicted octanol–water partition coefficient (Wildman–Crippen LogP) is 5.03. The van der Waals surface area contributed by atoms with Gasteiger partial charge in [-0.25, -0.2) is 4.79 Å². The van der Waals surface area contributed by atoms with Gasteiger partial charge in [0.15, 0.2) is 6.10 Å². The van der Waals surface area contributed by atoms with E-state index < -0.39 is 12.1 Å². The van der Waals surface area contributed by atoms with Gasteiger partial charge in [0, 0.05) is 17.6 Å². The van der Waals surface area contributed by atoms with Crippen LogP contribution in [0.1, 0.15) is 12.5 Å². The fourth-order valence-corrected chi connectivity index (χ4v) is 2.36. The zero-order valence-electron chi connectivity index (χ0n) is 14.9. The Morgan fingerprint density at radius 3 is 2.22 bits per heavy atom. The van der Waals surface area contributed by atoms with Gasteiger partial charge in [-0.2, -0.15) is 0 Å². The van der Waals surface area contributed by atoms with Gasteiger partial charge in [0.25, 0.3) is 0 Å². The van der Waals surface area contributed by atoms with E-state index in [2.05, 4.69) is 10.3 Å². The van der Waals surface area contributed by atoms with Crippen molar-refractivity contribution in [2.24, 2.45) is 4.99 Å². The number of carboxylic acid groups (broad SMARTS) is 1. The number of hydrogen-bond acceptors (Lipinski definition) is 4. The molecule has 3 aromatic rings. The van der Waals surface area contributed by atoms with Crippen LogP contribution in [0.5, 0.6) is 5.75 Å². The fourth-order valence-electron chi connectivity index (χ4n) is 2.36. The van der Waals surface area contributed by atoms with Gasteiger partial charge in [0.1, 0.15) is 5.75 Å². The van der Waals surface area contributed by atoms with Gasteiger partial charge >= 0.3 is 5.97 Å². The lowest BCUT2D eigenvalue weighted by Gasteiger charge is -2.09. The number of ether oxygens (including phenoxy) is 1. The van der Waals surface area contributed by atoms with Crippen molar-refractivity contribution in [1.29, 1.82) is 0 Å². The van der Waals surface area contributed by atoms with Crippen molar-refractivity contribution in [2.45, 2.75) is 13.0 Å². The Balaban J connectivity index is 1.59. The van der Waals surface area contributed by atoms with E-state index in [1.165, 1.54) is 6.92 Å². The molecule has 27 heavy (non-hydrogen) atoms. The minimum atomic E-state index is -0.995. The number of hydrogen-bond donors (Lipinski definition) is 2. The molecule has 2 N–H and O–H groups in total. The maximum absolute atomic E-state index is 10.8. The highest BCUT2D eigenvalue weighted by atomic mass is 16.5. The lowest BCUT2D eigenvalue weighted by Crippen LogP contribution is -2.22. The molecule has 0 spiro atoms. The van der Waals surface area contributed by atoms with Crippen LogP contribution in [-0.2, 0) is 4.79 Å². The number of carboxylic acids is 1. The van der Waals surface area contributed by atoms with E-state index in [1.54, 1.807) is 18.3 Å². The summed E-state index contributed by atoms with van der Waals surface area (Å²) in [7, 11) is 0. The monoisotopic (exact) mass is 360 g/mol. The van der Waals surface area contributed by atoms with E-state index in [0.717, 1.165) is 22.6 Å². The Bertz CT molecular complexity index is 905. The molecular formula is C22H20N2O3. The standard InChI is InChI=1S/C22H20N2O3/c1-16(22(25)26)27-21-13-7-17(8-14-21)15-23-18-9-11-20(12-10-18)24-19-5-3-2-4-6-19/h2-16,24H,1H3,(H,25,26)/t16-/m0/s1. The van der Waals surface area contributed by atoms with Gasteiger partial charge < -0.3 is 15.2 Å². The number of nitrogens with one attached hydrogen (secondary N) is 1. The van der Waals surface area contributed by atoms with Crippen LogP contribution in [-0.4, -0.2) is 23.4 Å². The van der Waals surface area contributed by atoms with Crippen molar-refractivity contribution in [2.75, 3.05) is 5.32 Å². The molecule has 3 aromatic carbocycles. The maximum Gasteiger partial charge on any atom is 0.344 e. The van der Waals surface area contributed by atoms with Crippen molar-refractivity contribution < 1.29 is 14.6 Å². The average Bonchev–Trinajstić information content (AvgIpc) is 2.69. The second-order valence-corrected chi connectivity index (χ2v) is 5.96. The summed E-state index contributed by atoms with van der Waals surface area (Å²) in [5, 5.41) is 12.2. The number of benzene rings is 3. The lowest BCUT2D eigenvalue weighted by molar-refractivity contribution is -0.144. The Morgan fingerprint density at radius 1 is 0.963 bits per heavy atom. The Hall–Kier alpha value is -3.60. The SMILES string of the molecule is C[C@H](Oc1ccc(C=Nc2ccc(Nc3ccccc3)cc2)cc1)C(=O)O. The van der Waals surface area contributed by atoms with Crippen LogP contribution in [0.15, 0.2) is 83.9 Å². The second kappa shape index (κ2) is 8.67. The minimum Gasteiger partial charge on any atom is -0.479 e. The second-order valence-electron chi connectivity index (χ2n) is 5.96. The van der Waals surface area contributed by atoms with Gasteiger partial charge in [-0.3, -0.25) is 4.99 Å². The Kier molecular flexibility index (Phi) is 5.84. The summed E-state index contributed by atoms with van der Waals surface area (Å²) < 4.78 is 5.30. The molecule has 3 rings (SSSR count). The number of aliphatic imine (C=N–C) groups is 1. The molecule has 0 bridgehead atoms. The molecule has 0 saturated heterocycles. The third-order valence-corrected chi connectivity index (χ3v) is 3.83. The minimum absolute atomic E-state index is 0.512.